The number of halogens is 1. The van der Waals surface area contributed by atoms with E-state index >= 15 is 0 Å². The summed E-state index contributed by atoms with van der Waals surface area (Å²) in [4.78, 5) is 33.5. The van der Waals surface area contributed by atoms with Crippen LogP contribution in [0.3, 0.4) is 0 Å². The summed E-state index contributed by atoms with van der Waals surface area (Å²) < 4.78 is 1.91. The molecule has 2 heterocycles. The normalized spacial score (nSPS) is 13.9. The van der Waals surface area contributed by atoms with Gasteiger partial charge in [-0.15, -0.1) is 11.3 Å². The lowest BCUT2D eigenvalue weighted by Crippen LogP contribution is -2.49. The van der Waals surface area contributed by atoms with Gasteiger partial charge in [-0.05, 0) is 36.4 Å². The van der Waals surface area contributed by atoms with Crippen molar-refractivity contribution in [3.8, 4) is 11.3 Å². The summed E-state index contributed by atoms with van der Waals surface area (Å²) in [5, 5.41) is 4.98. The molecule has 0 atom stereocenters. The molecular weight excluding hydrogens is 532 g/mol. The van der Waals surface area contributed by atoms with E-state index in [0.717, 1.165) is 57.6 Å². The number of hydrogen-bond acceptors (Lipinski definition) is 6. The Kier molecular flexibility index (Phi) is 8.28. The molecule has 2 amide bonds. The molecular formula is C25H27BrN4O2S2. The standard InChI is InChI=1S/C25H27BrN4O2S2/c1-17(2)24(32)30-13-11-29(12-14-30)21-9-7-20(8-10-21)27-23(31)16-34-25-28-22(15-33-25)18-3-5-19(26)6-4-18/h3-10,15,17H,11-14,16H2,1-2H3,(H,27,31). The number of nitrogens with one attached hydrogen (secondary N) is 1. The molecule has 0 aliphatic carbocycles. The number of thiazole rings is 1. The van der Waals surface area contributed by atoms with Crippen LogP contribution in [0.1, 0.15) is 13.8 Å². The monoisotopic (exact) mass is 558 g/mol. The van der Waals surface area contributed by atoms with Crippen molar-refractivity contribution in [3.05, 3.63) is 58.4 Å². The minimum atomic E-state index is -0.0565. The fourth-order valence-electron chi connectivity index (χ4n) is 3.71. The van der Waals surface area contributed by atoms with Crippen LogP contribution in [0.2, 0.25) is 0 Å². The number of carbonyl (C=O) groups excluding carboxylic acids is 2. The summed E-state index contributed by atoms with van der Waals surface area (Å²) in [5.74, 6) is 0.509. The molecule has 34 heavy (non-hydrogen) atoms. The summed E-state index contributed by atoms with van der Waals surface area (Å²) in [7, 11) is 0. The molecule has 3 aromatic rings. The van der Waals surface area contributed by atoms with Gasteiger partial charge in [0.1, 0.15) is 0 Å². The van der Waals surface area contributed by atoms with E-state index in [2.05, 4.69) is 31.1 Å². The number of benzene rings is 2. The van der Waals surface area contributed by atoms with Crippen molar-refractivity contribution >= 4 is 62.2 Å². The van der Waals surface area contributed by atoms with Crippen molar-refractivity contribution in [2.45, 2.75) is 18.2 Å². The average Bonchev–Trinajstić information content (AvgIpc) is 3.32. The maximum atomic E-state index is 12.4. The van der Waals surface area contributed by atoms with Crippen molar-refractivity contribution in [2.24, 2.45) is 5.92 Å². The van der Waals surface area contributed by atoms with Gasteiger partial charge in [0.05, 0.1) is 11.4 Å². The lowest BCUT2D eigenvalue weighted by Gasteiger charge is -2.37. The second-order valence-corrected chi connectivity index (χ2v) is 11.4. The van der Waals surface area contributed by atoms with Crippen LogP contribution >= 0.6 is 39.0 Å². The molecule has 0 unspecified atom stereocenters. The van der Waals surface area contributed by atoms with Crippen molar-refractivity contribution in [1.82, 2.24) is 9.88 Å². The minimum Gasteiger partial charge on any atom is -0.368 e. The molecule has 1 N–H and O–H groups in total. The third-order valence-electron chi connectivity index (χ3n) is 5.55. The van der Waals surface area contributed by atoms with Gasteiger partial charge in [0, 0.05) is 58.9 Å². The molecule has 1 fully saturated rings. The van der Waals surface area contributed by atoms with Crippen molar-refractivity contribution in [2.75, 3.05) is 42.1 Å². The molecule has 0 saturated carbocycles. The summed E-state index contributed by atoms with van der Waals surface area (Å²) in [6.07, 6.45) is 0. The third-order valence-corrected chi connectivity index (χ3v) is 8.10. The summed E-state index contributed by atoms with van der Waals surface area (Å²) in [5.41, 5.74) is 3.86. The Morgan fingerprint density at radius 1 is 1.06 bits per heavy atom. The van der Waals surface area contributed by atoms with Crippen LogP contribution < -0.4 is 10.2 Å². The first-order chi connectivity index (χ1) is 16.4. The van der Waals surface area contributed by atoms with Gasteiger partial charge in [-0.1, -0.05) is 53.7 Å². The number of hydrogen-bond donors (Lipinski definition) is 1. The number of amides is 2. The first-order valence-corrected chi connectivity index (χ1v) is 13.8. The molecule has 9 heteroatoms. The number of carbonyl (C=O) groups is 2. The zero-order chi connectivity index (χ0) is 24.1. The Balaban J connectivity index is 1.24. The fraction of sp³-hybridized carbons (Fsp3) is 0.320. The average molecular weight is 560 g/mol. The summed E-state index contributed by atoms with van der Waals surface area (Å²) >= 11 is 6.44. The van der Waals surface area contributed by atoms with Gasteiger partial charge >= 0.3 is 0 Å². The molecule has 6 nitrogen and oxygen atoms in total. The van der Waals surface area contributed by atoms with E-state index in [1.807, 2.05) is 72.7 Å². The van der Waals surface area contributed by atoms with E-state index in [-0.39, 0.29) is 17.7 Å². The second kappa shape index (κ2) is 11.4. The lowest BCUT2D eigenvalue weighted by atomic mass is 10.1. The first-order valence-electron chi connectivity index (χ1n) is 11.2. The van der Waals surface area contributed by atoms with Crippen LogP contribution in [0.25, 0.3) is 11.3 Å². The molecule has 0 spiro atoms. The van der Waals surface area contributed by atoms with Crippen molar-refractivity contribution in [1.29, 1.82) is 0 Å². The fourth-order valence-corrected chi connectivity index (χ4v) is 5.61. The van der Waals surface area contributed by atoms with Gasteiger partial charge in [-0.3, -0.25) is 9.59 Å². The van der Waals surface area contributed by atoms with Crippen LogP contribution in [-0.2, 0) is 9.59 Å². The highest BCUT2D eigenvalue weighted by Crippen LogP contribution is 2.29. The van der Waals surface area contributed by atoms with Crippen LogP contribution in [0.4, 0.5) is 11.4 Å². The van der Waals surface area contributed by atoms with Gasteiger partial charge in [0.2, 0.25) is 11.8 Å². The highest BCUT2D eigenvalue weighted by molar-refractivity contribution is 9.10. The van der Waals surface area contributed by atoms with Crippen molar-refractivity contribution < 1.29 is 9.59 Å². The van der Waals surface area contributed by atoms with Gasteiger partial charge < -0.3 is 15.1 Å². The van der Waals surface area contributed by atoms with Gasteiger partial charge in [-0.2, -0.15) is 0 Å². The number of rotatable bonds is 7. The van der Waals surface area contributed by atoms with E-state index in [1.165, 1.54) is 11.8 Å². The van der Waals surface area contributed by atoms with E-state index in [9.17, 15) is 9.59 Å². The van der Waals surface area contributed by atoms with E-state index in [0.29, 0.717) is 5.75 Å². The highest BCUT2D eigenvalue weighted by atomic mass is 79.9. The molecule has 2 aromatic carbocycles. The Bertz CT molecular complexity index is 1120. The minimum absolute atomic E-state index is 0.0387. The van der Waals surface area contributed by atoms with E-state index < -0.39 is 0 Å². The molecule has 178 valence electrons. The Labute approximate surface area is 216 Å². The SMILES string of the molecule is CC(C)C(=O)N1CCN(c2ccc(NC(=O)CSc3nc(-c4ccc(Br)cc4)cs3)cc2)CC1. The lowest BCUT2D eigenvalue weighted by molar-refractivity contribution is -0.134. The Morgan fingerprint density at radius 2 is 1.74 bits per heavy atom. The first kappa shape index (κ1) is 24.8. The van der Waals surface area contributed by atoms with E-state index in [1.54, 1.807) is 11.3 Å². The quantitative estimate of drug-likeness (QED) is 0.382. The van der Waals surface area contributed by atoms with Crippen molar-refractivity contribution in [3.63, 3.8) is 0 Å². The molecule has 1 aliphatic heterocycles. The second-order valence-electron chi connectivity index (χ2n) is 8.36. The largest absolute Gasteiger partial charge is 0.368 e. The maximum absolute atomic E-state index is 12.4. The van der Waals surface area contributed by atoms with Crippen LogP contribution in [-0.4, -0.2) is 53.6 Å². The zero-order valence-corrected chi connectivity index (χ0v) is 22.4. The number of anilines is 2. The molecule has 1 saturated heterocycles. The third kappa shape index (κ3) is 6.40. The molecule has 1 aliphatic rings. The van der Waals surface area contributed by atoms with E-state index in [4.69, 9.17) is 0 Å². The topological polar surface area (TPSA) is 65.5 Å². The van der Waals surface area contributed by atoms with Crippen LogP contribution in [0, 0.1) is 5.92 Å². The predicted octanol–water partition coefficient (Wildman–Crippen LogP) is 5.61. The zero-order valence-electron chi connectivity index (χ0n) is 19.2. The van der Waals surface area contributed by atoms with Gasteiger partial charge in [0.25, 0.3) is 0 Å². The molecule has 0 radical (unpaired) electrons. The van der Waals surface area contributed by atoms with Crippen LogP contribution in [0.15, 0.2) is 62.7 Å². The van der Waals surface area contributed by atoms with Gasteiger partial charge in [-0.25, -0.2) is 4.98 Å². The maximum Gasteiger partial charge on any atom is 0.234 e. The number of nitrogens with zero attached hydrogens (tertiary/aromatic N) is 3. The van der Waals surface area contributed by atoms with Gasteiger partial charge in [0.15, 0.2) is 4.34 Å². The molecule has 1 aromatic heterocycles. The highest BCUT2D eigenvalue weighted by Gasteiger charge is 2.23. The molecule has 0 bridgehead atoms. The molecule has 4 rings (SSSR count). The predicted molar refractivity (Wildman–Crippen MR) is 145 cm³/mol. The number of thioether (sulfide) groups is 1. The number of piperazine rings is 1. The smallest absolute Gasteiger partial charge is 0.234 e. The number of aromatic nitrogens is 1. The summed E-state index contributed by atoms with van der Waals surface area (Å²) in [6, 6.07) is 15.9. The summed E-state index contributed by atoms with van der Waals surface area (Å²) in [6.45, 7) is 7.00. The van der Waals surface area contributed by atoms with Crippen LogP contribution in [0.5, 0.6) is 0 Å². The Hall–Kier alpha value is -2.36. The Morgan fingerprint density at radius 3 is 2.38 bits per heavy atom.